The van der Waals surface area contributed by atoms with Crippen LogP contribution < -0.4 is 5.32 Å². The van der Waals surface area contributed by atoms with Gasteiger partial charge in [0, 0.05) is 18.7 Å². The molecule has 0 spiro atoms. The number of benzene rings is 2. The summed E-state index contributed by atoms with van der Waals surface area (Å²) in [7, 11) is 0. The minimum absolute atomic E-state index is 0.0963. The fourth-order valence-electron chi connectivity index (χ4n) is 2.89. The number of nitrogens with zero attached hydrogens (tertiary/aromatic N) is 2. The number of ether oxygens (including phenoxy) is 1. The number of anilines is 1. The van der Waals surface area contributed by atoms with Crippen LogP contribution in [0.1, 0.15) is 30.6 Å². The van der Waals surface area contributed by atoms with Crippen LogP contribution in [-0.2, 0) is 14.3 Å². The molecule has 0 aliphatic carbocycles. The van der Waals surface area contributed by atoms with Gasteiger partial charge in [-0.3, -0.25) is 14.5 Å². The van der Waals surface area contributed by atoms with E-state index in [1.165, 1.54) is 11.8 Å². The smallest absolute Gasteiger partial charge is 0.338 e. The van der Waals surface area contributed by atoms with E-state index in [1.807, 2.05) is 37.3 Å². The molecule has 1 atom stereocenters. The van der Waals surface area contributed by atoms with Crippen LogP contribution >= 0.6 is 11.8 Å². The Morgan fingerprint density at radius 3 is 2.47 bits per heavy atom. The number of nitrogens with one attached hydrogen (secondary N) is 1. The van der Waals surface area contributed by atoms with Gasteiger partial charge in [-0.25, -0.2) is 9.79 Å². The molecule has 0 aromatic heterocycles. The summed E-state index contributed by atoms with van der Waals surface area (Å²) in [6.45, 7) is 4.40. The normalized spacial score (nSPS) is 17.7. The van der Waals surface area contributed by atoms with Crippen molar-refractivity contribution in [2.24, 2.45) is 4.99 Å². The fraction of sp³-hybridized carbons (Fsp3) is 0.273. The van der Waals surface area contributed by atoms with Gasteiger partial charge in [0.15, 0.2) is 5.17 Å². The summed E-state index contributed by atoms with van der Waals surface area (Å²) < 4.78 is 4.95. The molecule has 1 fully saturated rings. The van der Waals surface area contributed by atoms with Crippen molar-refractivity contribution in [2.45, 2.75) is 25.5 Å². The highest BCUT2D eigenvalue weighted by molar-refractivity contribution is 8.15. The van der Waals surface area contributed by atoms with E-state index in [0.717, 1.165) is 5.69 Å². The van der Waals surface area contributed by atoms with E-state index in [0.29, 0.717) is 29.6 Å². The van der Waals surface area contributed by atoms with Crippen LogP contribution in [0.4, 0.5) is 11.4 Å². The molecule has 0 saturated carbocycles. The number of thioether (sulfide) groups is 1. The summed E-state index contributed by atoms with van der Waals surface area (Å²) in [6, 6.07) is 15.8. The van der Waals surface area contributed by atoms with Crippen molar-refractivity contribution in [3.63, 3.8) is 0 Å². The van der Waals surface area contributed by atoms with Gasteiger partial charge < -0.3 is 10.1 Å². The van der Waals surface area contributed by atoms with Crippen LogP contribution in [0.2, 0.25) is 0 Å². The van der Waals surface area contributed by atoms with Crippen LogP contribution in [0.3, 0.4) is 0 Å². The maximum Gasteiger partial charge on any atom is 0.338 e. The van der Waals surface area contributed by atoms with Crippen LogP contribution in [-0.4, -0.2) is 46.3 Å². The van der Waals surface area contributed by atoms with Crippen molar-refractivity contribution in [2.75, 3.05) is 18.5 Å². The molecule has 1 saturated heterocycles. The lowest BCUT2D eigenvalue weighted by atomic mass is 10.2. The molecule has 2 aromatic rings. The number of aliphatic imine (C=N–C) groups is 1. The first kappa shape index (κ1) is 21.6. The zero-order valence-corrected chi connectivity index (χ0v) is 17.6. The highest BCUT2D eigenvalue weighted by Crippen LogP contribution is 2.29. The summed E-state index contributed by atoms with van der Waals surface area (Å²) >= 11 is 1.27. The minimum atomic E-state index is -0.590. The first-order chi connectivity index (χ1) is 14.5. The standard InChI is InChI=1S/C22H23N3O4S/c1-3-25-19(26)14-18(30-22(25)24-16-8-6-5-7-9-16)20(27)23-17-12-10-15(11-13-17)21(28)29-4-2/h5-13,18H,3-4,14H2,1-2H3,(H,23,27). The first-order valence-electron chi connectivity index (χ1n) is 9.70. The minimum Gasteiger partial charge on any atom is -0.462 e. The van der Waals surface area contributed by atoms with Crippen LogP contribution in [0, 0.1) is 0 Å². The van der Waals surface area contributed by atoms with E-state index in [1.54, 1.807) is 36.1 Å². The van der Waals surface area contributed by atoms with E-state index < -0.39 is 11.2 Å². The topological polar surface area (TPSA) is 88.1 Å². The molecule has 2 aromatic carbocycles. The van der Waals surface area contributed by atoms with E-state index >= 15 is 0 Å². The molecule has 1 aliphatic rings. The lowest BCUT2D eigenvalue weighted by molar-refractivity contribution is -0.129. The third kappa shape index (κ3) is 5.27. The zero-order valence-electron chi connectivity index (χ0n) is 16.8. The van der Waals surface area contributed by atoms with Gasteiger partial charge >= 0.3 is 5.97 Å². The molecular weight excluding hydrogens is 402 g/mol. The van der Waals surface area contributed by atoms with Crippen molar-refractivity contribution in [1.82, 2.24) is 4.90 Å². The predicted molar refractivity (Wildman–Crippen MR) is 118 cm³/mol. The Labute approximate surface area is 179 Å². The summed E-state index contributed by atoms with van der Waals surface area (Å²) in [4.78, 5) is 43.2. The second kappa shape index (κ2) is 10.1. The molecule has 1 unspecified atom stereocenters. The highest BCUT2D eigenvalue weighted by atomic mass is 32.2. The third-order valence-electron chi connectivity index (χ3n) is 4.39. The fourth-order valence-corrected chi connectivity index (χ4v) is 4.05. The van der Waals surface area contributed by atoms with E-state index in [4.69, 9.17) is 4.74 Å². The third-order valence-corrected chi connectivity index (χ3v) is 5.58. The van der Waals surface area contributed by atoms with Gasteiger partial charge in [-0.15, -0.1) is 0 Å². The summed E-state index contributed by atoms with van der Waals surface area (Å²) in [5.41, 5.74) is 1.68. The van der Waals surface area contributed by atoms with Gasteiger partial charge in [-0.2, -0.15) is 0 Å². The Balaban J connectivity index is 1.72. The largest absolute Gasteiger partial charge is 0.462 e. The van der Waals surface area contributed by atoms with Gasteiger partial charge in [-0.05, 0) is 50.2 Å². The van der Waals surface area contributed by atoms with Gasteiger partial charge in [0.2, 0.25) is 11.8 Å². The number of amides is 2. The molecule has 2 amide bonds. The van der Waals surface area contributed by atoms with E-state index in [-0.39, 0.29) is 18.2 Å². The Hall–Kier alpha value is -3.13. The molecule has 156 valence electrons. The number of amidine groups is 1. The SMILES string of the molecule is CCOC(=O)c1ccc(NC(=O)C2CC(=O)N(CC)C(=Nc3ccccc3)S2)cc1. The molecule has 30 heavy (non-hydrogen) atoms. The highest BCUT2D eigenvalue weighted by Gasteiger charge is 2.35. The van der Waals surface area contributed by atoms with Crippen molar-refractivity contribution in [1.29, 1.82) is 0 Å². The number of carbonyl (C=O) groups excluding carboxylic acids is 3. The Morgan fingerprint density at radius 2 is 1.83 bits per heavy atom. The first-order valence-corrected chi connectivity index (χ1v) is 10.6. The molecule has 1 heterocycles. The second-order valence-electron chi connectivity index (χ2n) is 6.47. The lowest BCUT2D eigenvalue weighted by Gasteiger charge is -2.30. The van der Waals surface area contributed by atoms with Crippen LogP contribution in [0.15, 0.2) is 59.6 Å². The molecule has 0 radical (unpaired) electrons. The Bertz CT molecular complexity index is 945. The molecule has 0 bridgehead atoms. The van der Waals surface area contributed by atoms with E-state index in [9.17, 15) is 14.4 Å². The average molecular weight is 426 g/mol. The van der Waals surface area contributed by atoms with Gasteiger partial charge in [0.25, 0.3) is 0 Å². The molecular formula is C22H23N3O4S. The quantitative estimate of drug-likeness (QED) is 0.711. The van der Waals surface area contributed by atoms with Crippen molar-refractivity contribution >= 4 is 46.1 Å². The molecule has 1 N–H and O–H groups in total. The molecule has 3 rings (SSSR count). The van der Waals surface area contributed by atoms with Crippen molar-refractivity contribution in [3.8, 4) is 0 Å². The number of para-hydroxylation sites is 1. The maximum atomic E-state index is 12.8. The van der Waals surface area contributed by atoms with Crippen LogP contribution in [0.25, 0.3) is 0 Å². The predicted octanol–water partition coefficient (Wildman–Crippen LogP) is 3.84. The number of rotatable bonds is 6. The molecule has 7 nitrogen and oxygen atoms in total. The second-order valence-corrected chi connectivity index (χ2v) is 7.64. The summed E-state index contributed by atoms with van der Waals surface area (Å²) in [6.07, 6.45) is 0.0963. The number of hydrogen-bond donors (Lipinski definition) is 1. The monoisotopic (exact) mass is 425 g/mol. The summed E-state index contributed by atoms with van der Waals surface area (Å²) in [5, 5.41) is 2.73. The van der Waals surface area contributed by atoms with Gasteiger partial charge in [0.1, 0.15) is 5.25 Å². The number of carbonyl (C=O) groups is 3. The van der Waals surface area contributed by atoms with Gasteiger partial charge in [-0.1, -0.05) is 30.0 Å². The maximum absolute atomic E-state index is 12.8. The average Bonchev–Trinajstić information content (AvgIpc) is 2.75. The van der Waals surface area contributed by atoms with Gasteiger partial charge in [0.05, 0.1) is 17.9 Å². The number of hydrogen-bond acceptors (Lipinski definition) is 6. The zero-order chi connectivity index (χ0) is 21.5. The number of esters is 1. The Morgan fingerprint density at radius 1 is 1.13 bits per heavy atom. The lowest BCUT2D eigenvalue weighted by Crippen LogP contribution is -2.45. The van der Waals surface area contributed by atoms with E-state index in [2.05, 4.69) is 10.3 Å². The Kier molecular flexibility index (Phi) is 7.24. The van der Waals surface area contributed by atoms with Crippen molar-refractivity contribution in [3.05, 3.63) is 60.2 Å². The van der Waals surface area contributed by atoms with Crippen molar-refractivity contribution < 1.29 is 19.1 Å². The van der Waals surface area contributed by atoms with Crippen LogP contribution in [0.5, 0.6) is 0 Å². The summed E-state index contributed by atoms with van der Waals surface area (Å²) in [5.74, 6) is -0.831. The molecule has 8 heteroatoms. The molecule has 1 aliphatic heterocycles.